The van der Waals surface area contributed by atoms with Gasteiger partial charge < -0.3 is 90.2 Å². The van der Waals surface area contributed by atoms with E-state index in [2.05, 4.69) is 0 Å². The molecule has 0 bridgehead atoms. The van der Waals surface area contributed by atoms with Crippen LogP contribution in [0.3, 0.4) is 0 Å². The van der Waals surface area contributed by atoms with Gasteiger partial charge in [-0.1, -0.05) is 0 Å². The van der Waals surface area contributed by atoms with Crippen LogP contribution in [0.4, 0.5) is 0 Å². The fourth-order valence-electron chi connectivity index (χ4n) is 1.51. The molecule has 0 aromatic rings. The maximum atomic E-state index is 9.66. The second-order valence-electron chi connectivity index (χ2n) is 6.39. The summed E-state index contributed by atoms with van der Waals surface area (Å²) in [7, 11) is 0. The van der Waals surface area contributed by atoms with Gasteiger partial charge in [0.15, 0.2) is 0 Å². The van der Waals surface area contributed by atoms with Crippen molar-refractivity contribution in [2.45, 2.75) is 77.0 Å². The molecule has 21 heteroatoms. The number of hydrogen-bond acceptors (Lipinski definition) is 16. The van der Waals surface area contributed by atoms with Crippen molar-refractivity contribution >= 4 is 47.8 Å². The number of carbonyl (C=O) groups excluding carboxylic acids is 8. The third-order valence-electron chi connectivity index (χ3n) is 3.05. The van der Waals surface area contributed by atoms with Crippen LogP contribution >= 0.6 is 0 Å². The van der Waals surface area contributed by atoms with E-state index in [1.54, 1.807) is 0 Å². The average molecular weight is 696 g/mol. The molecule has 41 heavy (non-hydrogen) atoms. The van der Waals surface area contributed by atoms with Gasteiger partial charge in [-0.05, 0) is 77.0 Å². The number of carboxylic acid groups (broad SMARTS) is 8. The van der Waals surface area contributed by atoms with Gasteiger partial charge in [0.05, 0.1) is 0 Å². The second-order valence-corrected chi connectivity index (χ2v) is 6.39. The van der Waals surface area contributed by atoms with Gasteiger partial charge >= 0.3 is 65.2 Å². The van der Waals surface area contributed by atoms with Crippen molar-refractivity contribution in [1.29, 1.82) is 0 Å². The fraction of sp³-hybridized carbons (Fsp3) is 0.600. The molecule has 0 aliphatic rings. The molecular weight excluding hydrogens is 672 g/mol. The van der Waals surface area contributed by atoms with Gasteiger partial charge in [-0.25, -0.2) is 0 Å². The number of hydrogen-bond donors (Lipinski definition) is 0. The predicted molar refractivity (Wildman–Crippen MR) is 96.8 cm³/mol. The summed E-state index contributed by atoms with van der Waals surface area (Å²) in [6.07, 6.45) is -1.36. The van der Waals surface area contributed by atoms with E-state index in [1.165, 1.54) is 0 Å². The minimum atomic E-state index is -1.23. The third-order valence-corrected chi connectivity index (χ3v) is 3.05. The Morgan fingerprint density at radius 2 is 0.341 bits per heavy atom. The second kappa shape index (κ2) is 44.8. The summed E-state index contributed by atoms with van der Waals surface area (Å²) >= 11 is 0. The summed E-state index contributed by atoms with van der Waals surface area (Å²) in [6.45, 7) is 0. The van der Waals surface area contributed by atoms with Crippen LogP contribution in [0.15, 0.2) is 0 Å². The van der Waals surface area contributed by atoms with E-state index in [0.29, 0.717) is 0 Å². The summed E-state index contributed by atoms with van der Waals surface area (Å²) in [6, 6.07) is 0. The molecular formula is C20H24O18Ti3. The molecule has 0 amide bonds. The normalized spacial score (nSPS) is 7.80. The molecule has 0 radical (unpaired) electrons. The van der Waals surface area contributed by atoms with Gasteiger partial charge in [0.25, 0.3) is 0 Å². The van der Waals surface area contributed by atoms with Crippen LogP contribution in [0, 0.1) is 0 Å². The van der Waals surface area contributed by atoms with Crippen molar-refractivity contribution in [3.05, 3.63) is 0 Å². The molecule has 0 fully saturated rings. The van der Waals surface area contributed by atoms with E-state index in [-0.39, 0.29) is 153 Å². The first-order chi connectivity index (χ1) is 16.5. The molecule has 224 valence electrons. The van der Waals surface area contributed by atoms with E-state index in [1.807, 2.05) is 0 Å². The Kier molecular flexibility index (Phi) is 68.3. The first-order valence-corrected chi connectivity index (χ1v) is 10.1. The Balaban J connectivity index is -0.0000000457. The van der Waals surface area contributed by atoms with Gasteiger partial charge in [0, 0.05) is 47.8 Å². The fourth-order valence-corrected chi connectivity index (χ4v) is 1.51. The molecule has 0 aromatic carbocycles. The molecule has 0 aliphatic carbocycles. The Labute approximate surface area is 278 Å². The topological polar surface area (TPSA) is 378 Å². The Hall–Kier alpha value is -2.18. The minimum absolute atomic E-state index is 0. The Morgan fingerprint density at radius 3 is 0.390 bits per heavy atom. The summed E-state index contributed by atoms with van der Waals surface area (Å²) in [5, 5.41) is 77.3. The molecule has 0 aliphatic heterocycles. The van der Waals surface area contributed by atoms with E-state index >= 15 is 0 Å². The van der Waals surface area contributed by atoms with Crippen molar-refractivity contribution in [3.63, 3.8) is 0 Å². The van der Waals surface area contributed by atoms with Crippen molar-refractivity contribution in [3.8, 4) is 0 Å². The van der Waals surface area contributed by atoms with Crippen LogP contribution in [-0.4, -0.2) is 47.8 Å². The van der Waals surface area contributed by atoms with E-state index in [4.69, 9.17) is 0 Å². The summed E-state index contributed by atoms with van der Waals surface area (Å²) in [5.74, 6) is -9.81. The monoisotopic (exact) mass is 696 g/mol. The standard InChI is InChI=1S/4C5H8O4.2O.3Ti/c4*6-4(7)2-1-3-5(8)9;;;;;/h4*1-3H2,(H,6,7)(H,8,9);;;;;/q;;;;2*-2;3*+4/p-8. The van der Waals surface area contributed by atoms with Crippen LogP contribution < -0.4 is 40.9 Å². The smallest absolute Gasteiger partial charge is 2.00 e. The van der Waals surface area contributed by atoms with Crippen molar-refractivity contribution < 1.29 is 155 Å². The zero-order valence-corrected chi connectivity index (χ0v) is 26.0. The number of aliphatic carboxylic acids is 8. The summed E-state index contributed by atoms with van der Waals surface area (Å²) in [5.41, 5.74) is 0. The maximum Gasteiger partial charge on any atom is 4.00 e. The summed E-state index contributed by atoms with van der Waals surface area (Å²) in [4.78, 5) is 77.3. The van der Waals surface area contributed by atoms with Crippen LogP contribution in [0.5, 0.6) is 0 Å². The zero-order chi connectivity index (χ0) is 29.1. The molecule has 0 unspecified atom stereocenters. The van der Waals surface area contributed by atoms with Crippen molar-refractivity contribution in [2.24, 2.45) is 0 Å². The van der Waals surface area contributed by atoms with Gasteiger partial charge in [0.2, 0.25) is 0 Å². The quantitative estimate of drug-likeness (QED) is 0.135. The van der Waals surface area contributed by atoms with Crippen LogP contribution in [0.1, 0.15) is 77.0 Å². The first-order valence-electron chi connectivity index (χ1n) is 10.1. The number of carbonyl (C=O) groups is 8. The SMILES string of the molecule is O=C([O-])CCCC(=O)[O-].O=C([O-])CCCC(=O)[O-].O=C([O-])CCCC(=O)[O-].O=C([O-])CCCC(=O)[O-].[O-2].[O-2].[Ti+4].[Ti+4].[Ti+4]. The Morgan fingerprint density at radius 1 is 0.268 bits per heavy atom. The molecule has 18 nitrogen and oxygen atoms in total. The van der Waals surface area contributed by atoms with Gasteiger partial charge in [-0.3, -0.25) is 0 Å². The number of rotatable bonds is 16. The van der Waals surface area contributed by atoms with Gasteiger partial charge in [-0.2, -0.15) is 0 Å². The average Bonchev–Trinajstić information content (AvgIpc) is 2.67. The van der Waals surface area contributed by atoms with E-state index < -0.39 is 47.8 Å². The molecule has 0 heterocycles. The van der Waals surface area contributed by atoms with Gasteiger partial charge in [0.1, 0.15) is 0 Å². The molecule has 0 rings (SSSR count). The molecule has 0 spiro atoms. The first kappa shape index (κ1) is 62.4. The minimum Gasteiger partial charge on any atom is -2.00 e. The van der Waals surface area contributed by atoms with E-state index in [0.717, 1.165) is 0 Å². The number of carboxylic acids is 8. The largest absolute Gasteiger partial charge is 4.00 e. The summed E-state index contributed by atoms with van der Waals surface area (Å²) < 4.78 is 0. The van der Waals surface area contributed by atoms with Crippen LogP contribution in [0.2, 0.25) is 0 Å². The predicted octanol–water partition coefficient (Wildman–Crippen LogP) is -9.62. The van der Waals surface area contributed by atoms with Crippen molar-refractivity contribution in [1.82, 2.24) is 0 Å². The van der Waals surface area contributed by atoms with Crippen molar-refractivity contribution in [2.75, 3.05) is 0 Å². The van der Waals surface area contributed by atoms with Crippen LogP contribution in [0.25, 0.3) is 0 Å². The molecule has 0 aromatic heterocycles. The molecule has 0 atom stereocenters. The molecule has 0 N–H and O–H groups in total. The van der Waals surface area contributed by atoms with Crippen LogP contribution in [-0.2, 0) is 114 Å². The van der Waals surface area contributed by atoms with E-state index in [9.17, 15) is 79.2 Å². The zero-order valence-electron chi connectivity index (χ0n) is 21.3. The van der Waals surface area contributed by atoms with Gasteiger partial charge in [-0.15, -0.1) is 0 Å². The maximum absolute atomic E-state index is 9.66. The third kappa shape index (κ3) is 102. The molecule has 0 saturated carbocycles. The Bertz CT molecular complexity index is 554. The molecule has 0 saturated heterocycles.